The van der Waals surface area contributed by atoms with E-state index in [0.29, 0.717) is 17.4 Å². The summed E-state index contributed by atoms with van der Waals surface area (Å²) in [6, 6.07) is 9.23. The van der Waals surface area contributed by atoms with E-state index in [4.69, 9.17) is 27.8 Å². The number of benzene rings is 1. The Bertz CT molecular complexity index is 723. The molecule has 1 aromatic carbocycles. The van der Waals surface area contributed by atoms with E-state index in [9.17, 15) is 0 Å². The molecule has 0 saturated heterocycles. The van der Waals surface area contributed by atoms with Crippen molar-refractivity contribution >= 4 is 39.5 Å². The highest BCUT2D eigenvalue weighted by Gasteiger charge is 2.02. The number of halogens is 1. The van der Waals surface area contributed by atoms with Gasteiger partial charge in [0.2, 0.25) is 0 Å². The molecule has 0 fully saturated rings. The van der Waals surface area contributed by atoms with Gasteiger partial charge in [-0.3, -0.25) is 5.43 Å². The first-order chi connectivity index (χ1) is 11.2. The van der Waals surface area contributed by atoms with Crippen LogP contribution in [0.5, 0.6) is 5.75 Å². The fourth-order valence-electron chi connectivity index (χ4n) is 1.65. The number of hydrogen-bond donors (Lipinski definition) is 2. The summed E-state index contributed by atoms with van der Waals surface area (Å²) in [5.41, 5.74) is 3.51. The monoisotopic (exact) mass is 391 g/mol. The Morgan fingerprint density at radius 2 is 2.35 bits per heavy atom. The Morgan fingerprint density at radius 1 is 1.48 bits per heavy atom. The first kappa shape index (κ1) is 17.1. The molecule has 1 aromatic heterocycles. The number of ether oxygens (including phenoxy) is 1. The van der Waals surface area contributed by atoms with Crippen LogP contribution >= 0.6 is 28.1 Å². The lowest BCUT2D eigenvalue weighted by atomic mass is 10.2. The predicted octanol–water partition coefficient (Wildman–Crippen LogP) is 3.05. The average molecular weight is 392 g/mol. The normalized spacial score (nSPS) is 10.3. The SMILES string of the molecule is C#CCOc1ccc(Br)cc1C=NNC(=S)NCc1ccco1. The summed E-state index contributed by atoms with van der Waals surface area (Å²) in [5.74, 6) is 3.86. The number of furan rings is 1. The van der Waals surface area contributed by atoms with Gasteiger partial charge in [-0.2, -0.15) is 5.10 Å². The van der Waals surface area contributed by atoms with Crippen molar-refractivity contribution in [3.05, 3.63) is 52.4 Å². The van der Waals surface area contributed by atoms with Gasteiger partial charge in [-0.1, -0.05) is 21.9 Å². The van der Waals surface area contributed by atoms with E-state index in [1.165, 1.54) is 0 Å². The van der Waals surface area contributed by atoms with E-state index in [0.717, 1.165) is 15.8 Å². The Balaban J connectivity index is 1.90. The Kier molecular flexibility index (Phi) is 6.66. The molecule has 0 spiro atoms. The summed E-state index contributed by atoms with van der Waals surface area (Å²) in [7, 11) is 0. The van der Waals surface area contributed by atoms with Crippen LogP contribution in [0, 0.1) is 12.3 Å². The second-order valence-corrected chi connectivity index (χ2v) is 5.63. The summed E-state index contributed by atoms with van der Waals surface area (Å²) in [6.45, 7) is 0.681. The molecule has 0 unspecified atom stereocenters. The topological polar surface area (TPSA) is 58.8 Å². The van der Waals surface area contributed by atoms with Gasteiger partial charge in [-0.25, -0.2) is 0 Å². The van der Waals surface area contributed by atoms with E-state index in [1.807, 2.05) is 30.3 Å². The maximum Gasteiger partial charge on any atom is 0.187 e. The molecule has 2 aromatic rings. The van der Waals surface area contributed by atoms with Crippen molar-refractivity contribution in [2.24, 2.45) is 5.10 Å². The first-order valence-electron chi connectivity index (χ1n) is 6.64. The molecular formula is C16H14BrN3O2S. The molecule has 2 rings (SSSR count). The van der Waals surface area contributed by atoms with Gasteiger partial charge in [0.05, 0.1) is 19.0 Å². The summed E-state index contributed by atoms with van der Waals surface area (Å²) in [4.78, 5) is 0. The second kappa shape index (κ2) is 8.98. The predicted molar refractivity (Wildman–Crippen MR) is 97.3 cm³/mol. The molecule has 7 heteroatoms. The number of rotatable bonds is 6. The van der Waals surface area contributed by atoms with Gasteiger partial charge in [-0.05, 0) is 42.5 Å². The number of nitrogens with zero attached hydrogens (tertiary/aromatic N) is 1. The van der Waals surface area contributed by atoms with Gasteiger partial charge in [0, 0.05) is 10.0 Å². The summed E-state index contributed by atoms with van der Waals surface area (Å²) >= 11 is 8.53. The van der Waals surface area contributed by atoms with Crippen LogP contribution in [-0.4, -0.2) is 17.9 Å². The molecule has 0 saturated carbocycles. The molecule has 0 aliphatic carbocycles. The van der Waals surface area contributed by atoms with Crippen LogP contribution in [0.1, 0.15) is 11.3 Å². The minimum atomic E-state index is 0.193. The zero-order valence-electron chi connectivity index (χ0n) is 12.1. The standard InChI is InChI=1S/C16H14BrN3O2S/c1-2-7-22-15-6-5-13(17)9-12(15)10-19-20-16(23)18-11-14-4-3-8-21-14/h1,3-6,8-10H,7,11H2,(H2,18,20,23). The van der Waals surface area contributed by atoms with Gasteiger partial charge in [0.1, 0.15) is 18.1 Å². The average Bonchev–Trinajstić information content (AvgIpc) is 3.05. The van der Waals surface area contributed by atoms with Crippen molar-refractivity contribution in [2.75, 3.05) is 6.61 Å². The second-order valence-electron chi connectivity index (χ2n) is 4.31. The van der Waals surface area contributed by atoms with E-state index >= 15 is 0 Å². The van der Waals surface area contributed by atoms with Crippen molar-refractivity contribution < 1.29 is 9.15 Å². The number of nitrogens with one attached hydrogen (secondary N) is 2. The third-order valence-electron chi connectivity index (χ3n) is 2.66. The summed E-state index contributed by atoms with van der Waals surface area (Å²) in [6.07, 6.45) is 8.42. The molecule has 0 atom stereocenters. The van der Waals surface area contributed by atoms with Gasteiger partial charge < -0.3 is 14.5 Å². The quantitative estimate of drug-likeness (QED) is 0.343. The largest absolute Gasteiger partial charge is 0.480 e. The van der Waals surface area contributed by atoms with Crippen LogP contribution in [0.3, 0.4) is 0 Å². The Morgan fingerprint density at radius 3 is 3.09 bits per heavy atom. The zero-order valence-corrected chi connectivity index (χ0v) is 14.5. The summed E-state index contributed by atoms with van der Waals surface area (Å²) in [5, 5.41) is 7.45. The highest BCUT2D eigenvalue weighted by atomic mass is 79.9. The maximum absolute atomic E-state index is 5.46. The van der Waals surface area contributed by atoms with Gasteiger partial charge in [0.15, 0.2) is 5.11 Å². The molecule has 23 heavy (non-hydrogen) atoms. The molecule has 0 bridgehead atoms. The van der Waals surface area contributed by atoms with Crippen molar-refractivity contribution in [3.8, 4) is 18.1 Å². The number of hydrazone groups is 1. The molecule has 118 valence electrons. The highest BCUT2D eigenvalue weighted by Crippen LogP contribution is 2.21. The fourth-order valence-corrected chi connectivity index (χ4v) is 2.16. The van der Waals surface area contributed by atoms with Crippen LogP contribution in [0.25, 0.3) is 0 Å². The minimum Gasteiger partial charge on any atom is -0.480 e. The van der Waals surface area contributed by atoms with E-state index in [1.54, 1.807) is 12.5 Å². The van der Waals surface area contributed by atoms with Crippen LogP contribution in [0.2, 0.25) is 0 Å². The molecular weight excluding hydrogens is 378 g/mol. The van der Waals surface area contributed by atoms with Gasteiger partial charge in [0.25, 0.3) is 0 Å². The van der Waals surface area contributed by atoms with Crippen molar-refractivity contribution in [3.63, 3.8) is 0 Å². The zero-order chi connectivity index (χ0) is 16.5. The first-order valence-corrected chi connectivity index (χ1v) is 7.84. The lowest BCUT2D eigenvalue weighted by Crippen LogP contribution is -2.31. The molecule has 0 amide bonds. The smallest absolute Gasteiger partial charge is 0.187 e. The summed E-state index contributed by atoms with van der Waals surface area (Å²) < 4.78 is 11.6. The maximum atomic E-state index is 5.46. The molecule has 2 N–H and O–H groups in total. The van der Waals surface area contributed by atoms with Crippen LogP contribution in [0.4, 0.5) is 0 Å². The third kappa shape index (κ3) is 5.77. The Hall–Kier alpha value is -2.30. The molecule has 5 nitrogen and oxygen atoms in total. The molecule has 0 aliphatic rings. The van der Waals surface area contributed by atoms with Crippen molar-refractivity contribution in [1.29, 1.82) is 0 Å². The molecule has 0 radical (unpaired) electrons. The van der Waals surface area contributed by atoms with E-state index < -0.39 is 0 Å². The van der Waals surface area contributed by atoms with Crippen LogP contribution < -0.4 is 15.5 Å². The van der Waals surface area contributed by atoms with Crippen molar-refractivity contribution in [1.82, 2.24) is 10.7 Å². The van der Waals surface area contributed by atoms with Gasteiger partial charge >= 0.3 is 0 Å². The Labute approximate surface area is 148 Å². The van der Waals surface area contributed by atoms with E-state index in [-0.39, 0.29) is 6.61 Å². The van der Waals surface area contributed by atoms with Gasteiger partial charge in [-0.15, -0.1) is 6.42 Å². The third-order valence-corrected chi connectivity index (χ3v) is 3.38. The number of thiocarbonyl (C=S) groups is 1. The van der Waals surface area contributed by atoms with E-state index in [2.05, 4.69) is 37.7 Å². The molecule has 0 aliphatic heterocycles. The highest BCUT2D eigenvalue weighted by molar-refractivity contribution is 9.10. The van der Waals surface area contributed by atoms with Crippen LogP contribution in [0.15, 0.2) is 50.6 Å². The fraction of sp³-hybridized carbons (Fsp3) is 0.125. The van der Waals surface area contributed by atoms with Crippen LogP contribution in [-0.2, 0) is 6.54 Å². The van der Waals surface area contributed by atoms with Crippen molar-refractivity contribution in [2.45, 2.75) is 6.54 Å². The molecule has 1 heterocycles. The number of hydrogen-bond acceptors (Lipinski definition) is 4. The number of terminal acetylenes is 1. The lowest BCUT2D eigenvalue weighted by molar-refractivity contribution is 0.370. The lowest BCUT2D eigenvalue weighted by Gasteiger charge is -2.07. The minimum absolute atomic E-state index is 0.193.